The standard InChI is InChI=1S/C11H22O3/c1-6-13-10(12)9(2)14-8-7-11(3,4)5/h9H,6-8H2,1-5H3. The van der Waals surface area contributed by atoms with Crippen molar-refractivity contribution in [1.82, 2.24) is 0 Å². The van der Waals surface area contributed by atoms with Gasteiger partial charge in [0.2, 0.25) is 0 Å². The van der Waals surface area contributed by atoms with E-state index in [-0.39, 0.29) is 11.4 Å². The molecule has 0 aliphatic carbocycles. The highest BCUT2D eigenvalue weighted by atomic mass is 16.6. The summed E-state index contributed by atoms with van der Waals surface area (Å²) in [5.74, 6) is -0.276. The van der Waals surface area contributed by atoms with Crippen LogP contribution in [0, 0.1) is 5.41 Å². The van der Waals surface area contributed by atoms with Crippen LogP contribution in [-0.4, -0.2) is 25.3 Å². The van der Waals surface area contributed by atoms with Gasteiger partial charge in [0.1, 0.15) is 0 Å². The van der Waals surface area contributed by atoms with Crippen LogP contribution in [0.3, 0.4) is 0 Å². The van der Waals surface area contributed by atoms with Gasteiger partial charge in [-0.15, -0.1) is 0 Å². The minimum absolute atomic E-state index is 0.244. The molecule has 3 heteroatoms. The van der Waals surface area contributed by atoms with Gasteiger partial charge in [0, 0.05) is 6.61 Å². The number of esters is 1. The molecule has 0 aliphatic heterocycles. The number of rotatable bonds is 5. The van der Waals surface area contributed by atoms with Gasteiger partial charge in [-0.05, 0) is 25.7 Å². The summed E-state index contributed by atoms with van der Waals surface area (Å²) in [7, 11) is 0. The molecule has 3 nitrogen and oxygen atoms in total. The lowest BCUT2D eigenvalue weighted by atomic mass is 9.93. The first-order valence-electron chi connectivity index (χ1n) is 5.15. The molecule has 84 valence electrons. The maximum atomic E-state index is 11.2. The summed E-state index contributed by atoms with van der Waals surface area (Å²) < 4.78 is 10.2. The smallest absolute Gasteiger partial charge is 0.334 e. The van der Waals surface area contributed by atoms with Gasteiger partial charge < -0.3 is 9.47 Å². The highest BCUT2D eigenvalue weighted by Gasteiger charge is 2.16. The van der Waals surface area contributed by atoms with E-state index in [0.29, 0.717) is 13.2 Å². The molecule has 1 atom stereocenters. The molecule has 14 heavy (non-hydrogen) atoms. The second-order valence-electron chi connectivity index (χ2n) is 4.58. The van der Waals surface area contributed by atoms with Gasteiger partial charge in [0.15, 0.2) is 6.10 Å². The summed E-state index contributed by atoms with van der Waals surface area (Å²) in [5, 5.41) is 0. The lowest BCUT2D eigenvalue weighted by Crippen LogP contribution is -2.25. The Morgan fingerprint density at radius 3 is 2.36 bits per heavy atom. The van der Waals surface area contributed by atoms with Gasteiger partial charge in [-0.3, -0.25) is 0 Å². The summed E-state index contributed by atoms with van der Waals surface area (Å²) >= 11 is 0. The predicted molar refractivity (Wildman–Crippen MR) is 56.1 cm³/mol. The van der Waals surface area contributed by atoms with Crippen LogP contribution in [0.5, 0.6) is 0 Å². The Kier molecular flexibility index (Phi) is 5.77. The Labute approximate surface area is 86.8 Å². The highest BCUT2D eigenvalue weighted by molar-refractivity contribution is 5.74. The van der Waals surface area contributed by atoms with E-state index in [9.17, 15) is 4.79 Å². The van der Waals surface area contributed by atoms with Crippen LogP contribution in [-0.2, 0) is 14.3 Å². The van der Waals surface area contributed by atoms with Crippen molar-refractivity contribution in [2.75, 3.05) is 13.2 Å². The lowest BCUT2D eigenvalue weighted by Gasteiger charge is -2.19. The molecule has 0 saturated heterocycles. The van der Waals surface area contributed by atoms with Crippen molar-refractivity contribution in [2.45, 2.75) is 47.1 Å². The van der Waals surface area contributed by atoms with Crippen molar-refractivity contribution in [3.8, 4) is 0 Å². The molecule has 0 aliphatic rings. The van der Waals surface area contributed by atoms with Crippen molar-refractivity contribution in [3.05, 3.63) is 0 Å². The van der Waals surface area contributed by atoms with Crippen molar-refractivity contribution in [1.29, 1.82) is 0 Å². The number of carbonyl (C=O) groups is 1. The van der Waals surface area contributed by atoms with Crippen molar-refractivity contribution >= 4 is 5.97 Å². The SMILES string of the molecule is CCOC(=O)C(C)OCCC(C)(C)C. The zero-order valence-electron chi connectivity index (χ0n) is 9.92. The number of hydrogen-bond donors (Lipinski definition) is 0. The van der Waals surface area contributed by atoms with Gasteiger partial charge in [-0.25, -0.2) is 4.79 Å². The fourth-order valence-electron chi connectivity index (χ4n) is 0.870. The molecule has 0 aromatic heterocycles. The van der Waals surface area contributed by atoms with Crippen molar-refractivity contribution < 1.29 is 14.3 Å². The second kappa shape index (κ2) is 6.02. The van der Waals surface area contributed by atoms with E-state index in [0.717, 1.165) is 6.42 Å². The average Bonchev–Trinajstić information content (AvgIpc) is 2.02. The zero-order chi connectivity index (χ0) is 11.2. The fourth-order valence-corrected chi connectivity index (χ4v) is 0.870. The molecule has 0 amide bonds. The first-order valence-corrected chi connectivity index (χ1v) is 5.15. The van der Waals surface area contributed by atoms with Crippen LogP contribution in [0.4, 0.5) is 0 Å². The fraction of sp³-hybridized carbons (Fsp3) is 0.909. The van der Waals surface area contributed by atoms with E-state index >= 15 is 0 Å². The minimum atomic E-state index is -0.447. The quantitative estimate of drug-likeness (QED) is 0.642. The average molecular weight is 202 g/mol. The third-order valence-electron chi connectivity index (χ3n) is 1.84. The molecule has 0 N–H and O–H groups in total. The van der Waals surface area contributed by atoms with Crippen LogP contribution in [0.1, 0.15) is 41.0 Å². The van der Waals surface area contributed by atoms with Crippen LogP contribution in [0.2, 0.25) is 0 Å². The Morgan fingerprint density at radius 2 is 1.93 bits per heavy atom. The molecule has 0 aromatic carbocycles. The highest BCUT2D eigenvalue weighted by Crippen LogP contribution is 2.18. The Morgan fingerprint density at radius 1 is 1.36 bits per heavy atom. The molecule has 0 saturated carbocycles. The first kappa shape index (κ1) is 13.4. The van der Waals surface area contributed by atoms with Gasteiger partial charge in [-0.1, -0.05) is 20.8 Å². The van der Waals surface area contributed by atoms with E-state index < -0.39 is 6.10 Å². The number of carbonyl (C=O) groups excluding carboxylic acids is 1. The summed E-state index contributed by atoms with van der Waals surface area (Å²) in [6, 6.07) is 0. The molecule has 0 radical (unpaired) electrons. The third-order valence-corrected chi connectivity index (χ3v) is 1.84. The second-order valence-corrected chi connectivity index (χ2v) is 4.58. The molecule has 0 heterocycles. The molecule has 0 fully saturated rings. The largest absolute Gasteiger partial charge is 0.464 e. The molecule has 0 aromatic rings. The summed E-state index contributed by atoms with van der Waals surface area (Å²) in [5.41, 5.74) is 0.244. The van der Waals surface area contributed by atoms with E-state index in [1.807, 2.05) is 0 Å². The van der Waals surface area contributed by atoms with Gasteiger partial charge >= 0.3 is 5.97 Å². The van der Waals surface area contributed by atoms with E-state index in [1.54, 1.807) is 13.8 Å². The van der Waals surface area contributed by atoms with Crippen LogP contribution < -0.4 is 0 Å². The predicted octanol–water partition coefficient (Wildman–Crippen LogP) is 2.39. The maximum Gasteiger partial charge on any atom is 0.334 e. The zero-order valence-corrected chi connectivity index (χ0v) is 9.92. The monoisotopic (exact) mass is 202 g/mol. The topological polar surface area (TPSA) is 35.5 Å². The van der Waals surface area contributed by atoms with E-state index in [4.69, 9.17) is 9.47 Å². The number of ether oxygens (including phenoxy) is 2. The third kappa shape index (κ3) is 6.89. The van der Waals surface area contributed by atoms with Crippen LogP contribution in [0.15, 0.2) is 0 Å². The van der Waals surface area contributed by atoms with Gasteiger partial charge in [0.05, 0.1) is 6.61 Å². The maximum absolute atomic E-state index is 11.2. The normalized spacial score (nSPS) is 13.8. The van der Waals surface area contributed by atoms with Crippen LogP contribution in [0.25, 0.3) is 0 Å². The Balaban J connectivity index is 3.63. The molecule has 0 rings (SSSR count). The summed E-state index contributed by atoms with van der Waals surface area (Å²) in [6.45, 7) is 11.0. The molecular formula is C11H22O3. The minimum Gasteiger partial charge on any atom is -0.464 e. The first-order chi connectivity index (χ1) is 6.37. The molecule has 0 spiro atoms. The van der Waals surface area contributed by atoms with E-state index in [2.05, 4.69) is 20.8 Å². The van der Waals surface area contributed by atoms with Crippen molar-refractivity contribution in [3.63, 3.8) is 0 Å². The Hall–Kier alpha value is -0.570. The van der Waals surface area contributed by atoms with Crippen LogP contribution >= 0.6 is 0 Å². The van der Waals surface area contributed by atoms with E-state index in [1.165, 1.54) is 0 Å². The lowest BCUT2D eigenvalue weighted by molar-refractivity contribution is -0.155. The molecule has 1 unspecified atom stereocenters. The Bertz CT molecular complexity index is 170. The van der Waals surface area contributed by atoms with Gasteiger partial charge in [0.25, 0.3) is 0 Å². The molecule has 0 bridgehead atoms. The number of hydrogen-bond acceptors (Lipinski definition) is 3. The molecular weight excluding hydrogens is 180 g/mol. The van der Waals surface area contributed by atoms with Crippen molar-refractivity contribution in [2.24, 2.45) is 5.41 Å². The summed E-state index contributed by atoms with van der Waals surface area (Å²) in [6.07, 6.45) is 0.494. The summed E-state index contributed by atoms with van der Waals surface area (Å²) in [4.78, 5) is 11.2. The van der Waals surface area contributed by atoms with Gasteiger partial charge in [-0.2, -0.15) is 0 Å².